The van der Waals surface area contributed by atoms with Crippen LogP contribution in [-0.2, 0) is 13.6 Å². The van der Waals surface area contributed by atoms with Crippen LogP contribution < -0.4 is 5.32 Å². The number of aryl methyl sites for hydroxylation is 1. The van der Waals surface area contributed by atoms with Gasteiger partial charge in [0.15, 0.2) is 5.76 Å². The van der Waals surface area contributed by atoms with Crippen LogP contribution in [-0.4, -0.2) is 15.8 Å². The third kappa shape index (κ3) is 2.02. The average molecular weight is 217 g/mol. The first-order chi connectivity index (χ1) is 7.81. The molecule has 0 radical (unpaired) electrons. The molecule has 4 nitrogen and oxygen atoms in total. The molecule has 0 spiro atoms. The van der Waals surface area contributed by atoms with E-state index in [2.05, 4.69) is 10.4 Å². The van der Waals surface area contributed by atoms with Crippen LogP contribution in [0, 0.1) is 0 Å². The summed E-state index contributed by atoms with van der Waals surface area (Å²) in [7, 11) is 1.90. The van der Waals surface area contributed by atoms with Gasteiger partial charge in [-0.05, 0) is 31.0 Å². The lowest BCUT2D eigenvalue weighted by atomic mass is 10.3. The Morgan fingerprint density at radius 1 is 1.44 bits per heavy atom. The molecule has 3 rings (SSSR count). The van der Waals surface area contributed by atoms with E-state index in [1.54, 1.807) is 4.68 Å². The Balaban J connectivity index is 1.71. The predicted octanol–water partition coefficient (Wildman–Crippen LogP) is 1.93. The Bertz CT molecular complexity index is 482. The predicted molar refractivity (Wildman–Crippen MR) is 60.8 cm³/mol. The van der Waals surface area contributed by atoms with Crippen LogP contribution in [0.15, 0.2) is 28.8 Å². The summed E-state index contributed by atoms with van der Waals surface area (Å²) in [6.45, 7) is 0.817. The maximum Gasteiger partial charge on any atom is 0.154 e. The molecule has 1 aliphatic rings. The Kier molecular flexibility index (Phi) is 2.29. The second kappa shape index (κ2) is 3.79. The van der Waals surface area contributed by atoms with Gasteiger partial charge < -0.3 is 9.73 Å². The molecule has 0 aliphatic heterocycles. The largest absolute Gasteiger partial charge is 0.458 e. The van der Waals surface area contributed by atoms with Gasteiger partial charge in [-0.2, -0.15) is 5.10 Å². The van der Waals surface area contributed by atoms with Crippen molar-refractivity contribution >= 4 is 0 Å². The third-order valence-corrected chi connectivity index (χ3v) is 2.77. The summed E-state index contributed by atoms with van der Waals surface area (Å²) in [5.74, 6) is 1.82. The molecule has 0 atom stereocenters. The van der Waals surface area contributed by atoms with E-state index >= 15 is 0 Å². The van der Waals surface area contributed by atoms with Crippen molar-refractivity contribution in [2.45, 2.75) is 25.4 Å². The van der Waals surface area contributed by atoms with E-state index in [9.17, 15) is 0 Å². The average Bonchev–Trinajstić information content (AvgIpc) is 2.81. The summed E-state index contributed by atoms with van der Waals surface area (Å²) < 4.78 is 7.50. The summed E-state index contributed by atoms with van der Waals surface area (Å²) in [5, 5.41) is 7.73. The highest BCUT2D eigenvalue weighted by molar-refractivity contribution is 5.51. The number of nitrogens with zero attached hydrogens (tertiary/aromatic N) is 2. The van der Waals surface area contributed by atoms with Gasteiger partial charge in [0, 0.05) is 19.3 Å². The topological polar surface area (TPSA) is 43.0 Å². The summed E-state index contributed by atoms with van der Waals surface area (Å²) >= 11 is 0. The zero-order valence-electron chi connectivity index (χ0n) is 9.31. The van der Waals surface area contributed by atoms with Gasteiger partial charge in [0.05, 0.1) is 6.54 Å². The normalized spacial score (nSPS) is 15.6. The molecule has 2 aromatic rings. The lowest BCUT2D eigenvalue weighted by Crippen LogP contribution is -2.14. The first kappa shape index (κ1) is 9.66. The lowest BCUT2D eigenvalue weighted by molar-refractivity contribution is 0.490. The summed E-state index contributed by atoms with van der Waals surface area (Å²) in [5.41, 5.74) is 0.889. The number of furan rings is 1. The maximum atomic E-state index is 5.72. The van der Waals surface area contributed by atoms with Crippen LogP contribution in [0.5, 0.6) is 0 Å². The van der Waals surface area contributed by atoms with Gasteiger partial charge in [-0.1, -0.05) is 0 Å². The first-order valence-electron chi connectivity index (χ1n) is 5.63. The van der Waals surface area contributed by atoms with Crippen LogP contribution in [0.2, 0.25) is 0 Å². The Labute approximate surface area is 94.3 Å². The van der Waals surface area contributed by atoms with Crippen molar-refractivity contribution in [1.82, 2.24) is 15.1 Å². The smallest absolute Gasteiger partial charge is 0.154 e. The molecule has 1 N–H and O–H groups in total. The number of hydrogen-bond donors (Lipinski definition) is 1. The van der Waals surface area contributed by atoms with Gasteiger partial charge in [-0.3, -0.25) is 4.68 Å². The molecular weight excluding hydrogens is 202 g/mol. The molecule has 0 unspecified atom stereocenters. The molecule has 2 heterocycles. The zero-order chi connectivity index (χ0) is 11.0. The van der Waals surface area contributed by atoms with Crippen molar-refractivity contribution in [3.8, 4) is 11.5 Å². The maximum absolute atomic E-state index is 5.72. The minimum absolute atomic E-state index is 0.711. The van der Waals surface area contributed by atoms with Crippen LogP contribution in [0.4, 0.5) is 0 Å². The second-order valence-corrected chi connectivity index (χ2v) is 4.30. The van der Waals surface area contributed by atoms with E-state index in [0.29, 0.717) is 6.04 Å². The van der Waals surface area contributed by atoms with Crippen molar-refractivity contribution in [3.63, 3.8) is 0 Å². The van der Waals surface area contributed by atoms with Gasteiger partial charge in [-0.25, -0.2) is 0 Å². The Morgan fingerprint density at radius 2 is 2.31 bits per heavy atom. The van der Waals surface area contributed by atoms with Crippen molar-refractivity contribution < 1.29 is 4.42 Å². The van der Waals surface area contributed by atoms with Crippen LogP contribution >= 0.6 is 0 Å². The molecule has 2 aromatic heterocycles. The molecule has 4 heteroatoms. The van der Waals surface area contributed by atoms with E-state index in [0.717, 1.165) is 23.8 Å². The number of nitrogens with one attached hydrogen (secondary N) is 1. The fourth-order valence-electron chi connectivity index (χ4n) is 1.69. The standard InChI is InChI=1S/C12H15N3O/c1-15-7-6-11(14-15)12-5-4-10(16-12)8-13-9-2-3-9/h4-7,9,13H,2-3,8H2,1H3. The molecule has 0 amide bonds. The fourth-order valence-corrected chi connectivity index (χ4v) is 1.69. The van der Waals surface area contributed by atoms with Crippen LogP contribution in [0.25, 0.3) is 11.5 Å². The number of aromatic nitrogens is 2. The van der Waals surface area contributed by atoms with Gasteiger partial charge in [0.2, 0.25) is 0 Å². The minimum atomic E-state index is 0.711. The molecule has 0 saturated heterocycles. The van der Waals surface area contributed by atoms with E-state index < -0.39 is 0 Å². The number of hydrogen-bond acceptors (Lipinski definition) is 3. The van der Waals surface area contributed by atoms with E-state index in [4.69, 9.17) is 4.42 Å². The molecule has 1 saturated carbocycles. The molecule has 0 aromatic carbocycles. The molecule has 0 bridgehead atoms. The molecule has 1 aliphatic carbocycles. The number of rotatable bonds is 4. The zero-order valence-corrected chi connectivity index (χ0v) is 9.31. The SMILES string of the molecule is Cn1ccc(-c2ccc(CNC3CC3)o2)n1. The first-order valence-corrected chi connectivity index (χ1v) is 5.63. The lowest BCUT2D eigenvalue weighted by Gasteiger charge is -1.97. The monoisotopic (exact) mass is 217 g/mol. The Morgan fingerprint density at radius 3 is 3.00 bits per heavy atom. The van der Waals surface area contributed by atoms with E-state index in [1.165, 1.54) is 12.8 Å². The van der Waals surface area contributed by atoms with Crippen LogP contribution in [0.3, 0.4) is 0 Å². The summed E-state index contributed by atoms with van der Waals surface area (Å²) in [4.78, 5) is 0. The van der Waals surface area contributed by atoms with Crippen molar-refractivity contribution in [2.75, 3.05) is 0 Å². The minimum Gasteiger partial charge on any atom is -0.458 e. The highest BCUT2D eigenvalue weighted by atomic mass is 16.3. The quantitative estimate of drug-likeness (QED) is 0.851. The van der Waals surface area contributed by atoms with Gasteiger partial charge in [0.25, 0.3) is 0 Å². The van der Waals surface area contributed by atoms with Crippen molar-refractivity contribution in [1.29, 1.82) is 0 Å². The Hall–Kier alpha value is -1.55. The fraction of sp³-hybridized carbons (Fsp3) is 0.417. The van der Waals surface area contributed by atoms with Crippen molar-refractivity contribution in [3.05, 3.63) is 30.2 Å². The summed E-state index contributed by atoms with van der Waals surface area (Å²) in [6.07, 6.45) is 4.52. The molecule has 1 fully saturated rings. The third-order valence-electron chi connectivity index (χ3n) is 2.77. The van der Waals surface area contributed by atoms with Gasteiger partial charge in [0.1, 0.15) is 11.5 Å². The van der Waals surface area contributed by atoms with E-state index in [1.807, 2.05) is 31.4 Å². The van der Waals surface area contributed by atoms with Gasteiger partial charge in [-0.15, -0.1) is 0 Å². The van der Waals surface area contributed by atoms with Gasteiger partial charge >= 0.3 is 0 Å². The summed E-state index contributed by atoms with van der Waals surface area (Å²) in [6, 6.07) is 6.66. The molecule has 84 valence electrons. The molecule has 16 heavy (non-hydrogen) atoms. The highest BCUT2D eigenvalue weighted by Crippen LogP contribution is 2.22. The van der Waals surface area contributed by atoms with Crippen LogP contribution in [0.1, 0.15) is 18.6 Å². The van der Waals surface area contributed by atoms with E-state index in [-0.39, 0.29) is 0 Å². The molecular formula is C12H15N3O. The highest BCUT2D eigenvalue weighted by Gasteiger charge is 2.20. The second-order valence-electron chi connectivity index (χ2n) is 4.30. The van der Waals surface area contributed by atoms with Crippen molar-refractivity contribution in [2.24, 2.45) is 7.05 Å².